The summed E-state index contributed by atoms with van der Waals surface area (Å²) in [7, 11) is 0. The minimum Gasteiger partial charge on any atom is -0.480 e. The van der Waals surface area contributed by atoms with Gasteiger partial charge >= 0.3 is 12.1 Å². The molecule has 0 heterocycles. The van der Waals surface area contributed by atoms with Crippen molar-refractivity contribution < 1.29 is 33.4 Å². The molecule has 214 valence electrons. The van der Waals surface area contributed by atoms with Crippen LogP contribution < -0.4 is 10.6 Å². The van der Waals surface area contributed by atoms with Crippen molar-refractivity contribution in [3.63, 3.8) is 0 Å². The van der Waals surface area contributed by atoms with Gasteiger partial charge in [0.1, 0.15) is 12.4 Å². The van der Waals surface area contributed by atoms with Crippen LogP contribution in [-0.2, 0) is 20.9 Å². The summed E-state index contributed by atoms with van der Waals surface area (Å²) in [6.45, 7) is 1.65. The predicted octanol–water partition coefficient (Wildman–Crippen LogP) is 5.98. The zero-order valence-corrected chi connectivity index (χ0v) is 22.8. The van der Waals surface area contributed by atoms with E-state index >= 15 is 0 Å². The Morgan fingerprint density at radius 3 is 2.12 bits per heavy atom. The van der Waals surface area contributed by atoms with E-state index in [1.54, 1.807) is 0 Å². The van der Waals surface area contributed by atoms with Gasteiger partial charge in [0.2, 0.25) is 0 Å². The number of carbonyl (C=O) groups excluding carboxylic acids is 2. The number of para-hydroxylation sites is 1. The topological polar surface area (TPSA) is 114 Å². The normalized spacial score (nSPS) is 13.4. The Morgan fingerprint density at radius 2 is 1.48 bits per heavy atom. The Balaban J connectivity index is 1.26. The Hall–Kier alpha value is -5.02. The van der Waals surface area contributed by atoms with Gasteiger partial charge in [-0.1, -0.05) is 84.9 Å². The molecule has 0 radical (unpaired) electrons. The van der Waals surface area contributed by atoms with Crippen LogP contribution in [0.5, 0.6) is 0 Å². The standard InChI is InChI=1S/C33H29FN2O6/c1-20(41-18-21-10-3-2-4-11-21)29(32(38)39)35-31(37)26-16-9-17-28(34)30(26)36-33(40)42-19-27-24-14-7-5-12-22(24)23-13-6-8-15-25(23)27/h2-17,20,27,29H,18-19H2,1H3,(H,35,37)(H,36,40)(H,38,39)/t20-,29+/m0/s1. The minimum atomic E-state index is -1.44. The molecule has 0 saturated heterocycles. The highest BCUT2D eigenvalue weighted by atomic mass is 19.1. The molecule has 4 aromatic rings. The molecule has 9 heteroatoms. The van der Waals surface area contributed by atoms with Gasteiger partial charge in [-0.3, -0.25) is 10.1 Å². The number of aliphatic carboxylic acids is 1. The average Bonchev–Trinajstić information content (AvgIpc) is 3.32. The van der Waals surface area contributed by atoms with Crippen molar-refractivity contribution in [2.45, 2.75) is 31.6 Å². The van der Waals surface area contributed by atoms with Crippen molar-refractivity contribution in [3.8, 4) is 11.1 Å². The number of anilines is 1. The molecule has 0 aliphatic heterocycles. The van der Waals surface area contributed by atoms with E-state index < -0.39 is 41.6 Å². The number of halogens is 1. The molecule has 0 unspecified atom stereocenters. The van der Waals surface area contributed by atoms with Gasteiger partial charge in [0.15, 0.2) is 6.04 Å². The van der Waals surface area contributed by atoms with E-state index in [-0.39, 0.29) is 24.7 Å². The van der Waals surface area contributed by atoms with E-state index in [1.807, 2.05) is 78.9 Å². The summed E-state index contributed by atoms with van der Waals surface area (Å²) < 4.78 is 26.1. The minimum absolute atomic E-state index is 0.00675. The average molecular weight is 569 g/mol. The van der Waals surface area contributed by atoms with Gasteiger partial charge < -0.3 is 19.9 Å². The molecule has 1 aliphatic carbocycles. The van der Waals surface area contributed by atoms with Crippen LogP contribution in [0.4, 0.5) is 14.9 Å². The smallest absolute Gasteiger partial charge is 0.411 e. The summed E-state index contributed by atoms with van der Waals surface area (Å²) in [5.41, 5.74) is 4.30. The monoisotopic (exact) mass is 568 g/mol. The highest BCUT2D eigenvalue weighted by molar-refractivity contribution is 6.04. The maximum atomic E-state index is 14.9. The van der Waals surface area contributed by atoms with Gasteiger partial charge in [0.05, 0.1) is 24.0 Å². The molecule has 0 spiro atoms. The number of fused-ring (bicyclic) bond motifs is 3. The summed E-state index contributed by atoms with van der Waals surface area (Å²) in [5.74, 6) is -3.31. The van der Waals surface area contributed by atoms with Crippen molar-refractivity contribution in [1.29, 1.82) is 0 Å². The summed E-state index contributed by atoms with van der Waals surface area (Å²) in [5, 5.41) is 14.5. The summed E-state index contributed by atoms with van der Waals surface area (Å²) in [6.07, 6.45) is -1.87. The van der Waals surface area contributed by atoms with Crippen molar-refractivity contribution in [3.05, 3.63) is 125 Å². The van der Waals surface area contributed by atoms with Crippen LogP contribution in [0.15, 0.2) is 97.1 Å². The number of carboxylic acid groups (broad SMARTS) is 1. The molecule has 0 bridgehead atoms. The molecule has 8 nitrogen and oxygen atoms in total. The maximum Gasteiger partial charge on any atom is 0.411 e. The van der Waals surface area contributed by atoms with Gasteiger partial charge in [-0.15, -0.1) is 0 Å². The van der Waals surface area contributed by atoms with Crippen molar-refractivity contribution in [2.24, 2.45) is 0 Å². The van der Waals surface area contributed by atoms with Crippen molar-refractivity contribution >= 4 is 23.7 Å². The van der Waals surface area contributed by atoms with E-state index in [9.17, 15) is 23.9 Å². The van der Waals surface area contributed by atoms with Crippen LogP contribution in [0.3, 0.4) is 0 Å². The van der Waals surface area contributed by atoms with Crippen molar-refractivity contribution in [2.75, 3.05) is 11.9 Å². The molecule has 2 atom stereocenters. The third-order valence-corrected chi connectivity index (χ3v) is 7.21. The van der Waals surface area contributed by atoms with Gasteiger partial charge in [0.25, 0.3) is 5.91 Å². The van der Waals surface area contributed by atoms with Gasteiger partial charge in [-0.2, -0.15) is 0 Å². The fourth-order valence-electron chi connectivity index (χ4n) is 5.07. The fraction of sp³-hybridized carbons (Fsp3) is 0.182. The zero-order valence-electron chi connectivity index (χ0n) is 22.8. The van der Waals surface area contributed by atoms with Crippen LogP contribution >= 0.6 is 0 Å². The fourth-order valence-corrected chi connectivity index (χ4v) is 5.07. The lowest BCUT2D eigenvalue weighted by Gasteiger charge is -2.22. The first-order chi connectivity index (χ1) is 20.3. The largest absolute Gasteiger partial charge is 0.480 e. The van der Waals surface area contributed by atoms with E-state index in [1.165, 1.54) is 19.1 Å². The number of carboxylic acids is 1. The van der Waals surface area contributed by atoms with Crippen LogP contribution in [0.25, 0.3) is 11.1 Å². The second-order valence-corrected chi connectivity index (χ2v) is 9.90. The Kier molecular flexibility index (Phi) is 8.59. The molecule has 0 fully saturated rings. The van der Waals surface area contributed by atoms with E-state index in [2.05, 4.69) is 10.6 Å². The van der Waals surface area contributed by atoms with Crippen LogP contribution in [0.2, 0.25) is 0 Å². The maximum absolute atomic E-state index is 14.9. The van der Waals surface area contributed by atoms with Crippen LogP contribution in [0.1, 0.15) is 39.9 Å². The summed E-state index contributed by atoms with van der Waals surface area (Å²) in [4.78, 5) is 38.0. The zero-order chi connectivity index (χ0) is 29.6. The molecular formula is C33H29FN2O6. The molecule has 5 rings (SSSR count). The van der Waals surface area contributed by atoms with E-state index in [0.717, 1.165) is 33.9 Å². The molecule has 3 N–H and O–H groups in total. The second-order valence-electron chi connectivity index (χ2n) is 9.90. The Bertz CT molecular complexity index is 1560. The first-order valence-corrected chi connectivity index (χ1v) is 13.4. The third-order valence-electron chi connectivity index (χ3n) is 7.21. The Labute approximate surface area is 242 Å². The number of hydrogen-bond donors (Lipinski definition) is 3. The molecule has 0 aromatic heterocycles. The first-order valence-electron chi connectivity index (χ1n) is 13.4. The lowest BCUT2D eigenvalue weighted by atomic mass is 9.98. The lowest BCUT2D eigenvalue weighted by molar-refractivity contribution is -0.143. The molecule has 2 amide bonds. The summed E-state index contributed by atoms with van der Waals surface area (Å²) >= 11 is 0. The molecule has 0 saturated carbocycles. The highest BCUT2D eigenvalue weighted by Gasteiger charge is 2.31. The number of carbonyl (C=O) groups is 3. The van der Waals surface area contributed by atoms with Crippen LogP contribution in [0, 0.1) is 5.82 Å². The SMILES string of the molecule is C[C@H](OCc1ccccc1)[C@@H](NC(=O)c1cccc(F)c1NC(=O)OCC1c2ccccc2-c2ccccc21)C(=O)O. The van der Waals surface area contributed by atoms with Gasteiger partial charge in [-0.25, -0.2) is 14.0 Å². The second kappa shape index (κ2) is 12.7. The van der Waals surface area contributed by atoms with Gasteiger partial charge in [0, 0.05) is 5.92 Å². The molecule has 1 aliphatic rings. The first kappa shape index (κ1) is 28.5. The lowest BCUT2D eigenvalue weighted by Crippen LogP contribution is -2.48. The predicted molar refractivity (Wildman–Crippen MR) is 155 cm³/mol. The number of amides is 2. The van der Waals surface area contributed by atoms with E-state index in [4.69, 9.17) is 9.47 Å². The summed E-state index contributed by atoms with van der Waals surface area (Å²) in [6, 6.07) is 27.1. The Morgan fingerprint density at radius 1 is 0.857 bits per heavy atom. The number of nitrogens with one attached hydrogen (secondary N) is 2. The van der Waals surface area contributed by atoms with E-state index in [0.29, 0.717) is 0 Å². The number of hydrogen-bond acceptors (Lipinski definition) is 5. The third kappa shape index (κ3) is 6.16. The van der Waals surface area contributed by atoms with Crippen LogP contribution in [-0.4, -0.2) is 41.8 Å². The number of ether oxygens (including phenoxy) is 2. The number of benzene rings is 4. The number of rotatable bonds is 10. The molecule has 42 heavy (non-hydrogen) atoms. The quantitative estimate of drug-likeness (QED) is 0.217. The van der Waals surface area contributed by atoms with Crippen molar-refractivity contribution in [1.82, 2.24) is 5.32 Å². The van der Waals surface area contributed by atoms with Gasteiger partial charge in [-0.05, 0) is 46.9 Å². The highest BCUT2D eigenvalue weighted by Crippen LogP contribution is 2.44. The molecular weight excluding hydrogens is 539 g/mol. The molecule has 4 aromatic carbocycles.